The van der Waals surface area contributed by atoms with E-state index in [1.165, 1.54) is 0 Å². The van der Waals surface area contributed by atoms with Gasteiger partial charge in [-0.25, -0.2) is 0 Å². The number of carbonyl (C=O) groups is 1. The normalized spacial score (nSPS) is 21.8. The molecule has 166 valence electrons. The van der Waals surface area contributed by atoms with Gasteiger partial charge in [-0.2, -0.15) is 10.5 Å². The Hall–Kier alpha value is -3.57. The van der Waals surface area contributed by atoms with Crippen LogP contribution in [0.3, 0.4) is 0 Å². The van der Waals surface area contributed by atoms with Crippen molar-refractivity contribution in [3.8, 4) is 12.1 Å². The molecular formula is C28H19Cl2N3O. The van der Waals surface area contributed by atoms with Crippen molar-refractivity contribution in [3.05, 3.63) is 105 Å². The lowest BCUT2D eigenvalue weighted by Crippen LogP contribution is -2.44. The fourth-order valence-corrected chi connectivity index (χ4v) is 5.51. The van der Waals surface area contributed by atoms with E-state index in [9.17, 15) is 15.3 Å². The first kappa shape index (κ1) is 22.2. The Morgan fingerprint density at radius 1 is 0.971 bits per heavy atom. The SMILES string of the molecule is Cc1ccc(C(=O)[C@@H]2[C@@H](c3ccc(Cl)c(Cl)c3)C(C#N)(C#N)[C@H]3C=Cc4ccccc4N23)cc1. The molecule has 0 saturated carbocycles. The molecule has 4 nitrogen and oxygen atoms in total. The number of hydrogen-bond donors (Lipinski definition) is 0. The van der Waals surface area contributed by atoms with Gasteiger partial charge in [0.1, 0.15) is 6.04 Å². The van der Waals surface area contributed by atoms with Gasteiger partial charge >= 0.3 is 0 Å². The van der Waals surface area contributed by atoms with Crippen LogP contribution >= 0.6 is 23.2 Å². The molecule has 0 unspecified atom stereocenters. The molecule has 0 aliphatic carbocycles. The van der Waals surface area contributed by atoms with Crippen LogP contribution in [-0.4, -0.2) is 17.9 Å². The fourth-order valence-electron chi connectivity index (χ4n) is 5.20. The van der Waals surface area contributed by atoms with Gasteiger partial charge in [0.2, 0.25) is 0 Å². The molecule has 34 heavy (non-hydrogen) atoms. The second kappa shape index (κ2) is 8.33. The molecule has 2 aliphatic rings. The maximum atomic E-state index is 14.1. The summed E-state index contributed by atoms with van der Waals surface area (Å²) in [4.78, 5) is 16.1. The number of nitrogens with zero attached hydrogens (tertiary/aromatic N) is 3. The molecule has 0 spiro atoms. The van der Waals surface area contributed by atoms with Crippen LogP contribution in [0.5, 0.6) is 0 Å². The second-order valence-electron chi connectivity index (χ2n) is 8.69. The highest BCUT2D eigenvalue weighted by molar-refractivity contribution is 6.42. The molecule has 0 radical (unpaired) electrons. The summed E-state index contributed by atoms with van der Waals surface area (Å²) in [5.41, 5.74) is 2.42. The number of rotatable bonds is 3. The second-order valence-corrected chi connectivity index (χ2v) is 9.50. The third kappa shape index (κ3) is 3.23. The van der Waals surface area contributed by atoms with E-state index in [0.717, 1.165) is 16.8 Å². The molecule has 2 aliphatic heterocycles. The van der Waals surface area contributed by atoms with Gasteiger partial charge < -0.3 is 4.90 Å². The van der Waals surface area contributed by atoms with E-state index in [2.05, 4.69) is 12.1 Å². The van der Waals surface area contributed by atoms with E-state index in [-0.39, 0.29) is 5.78 Å². The van der Waals surface area contributed by atoms with E-state index >= 15 is 0 Å². The Balaban J connectivity index is 1.79. The van der Waals surface area contributed by atoms with Crippen LogP contribution in [0, 0.1) is 35.0 Å². The highest BCUT2D eigenvalue weighted by atomic mass is 35.5. The van der Waals surface area contributed by atoms with Crippen LogP contribution in [0.15, 0.2) is 72.8 Å². The van der Waals surface area contributed by atoms with Gasteiger partial charge in [0.15, 0.2) is 11.2 Å². The average Bonchev–Trinajstić information content (AvgIpc) is 3.16. The molecule has 0 bridgehead atoms. The quantitative estimate of drug-likeness (QED) is 0.394. The van der Waals surface area contributed by atoms with Crippen LogP contribution in [0.1, 0.15) is 33.0 Å². The lowest BCUT2D eigenvalue weighted by Gasteiger charge is -2.35. The largest absolute Gasteiger partial charge is 0.351 e. The fraction of sp³-hybridized carbons (Fsp3) is 0.179. The number of aryl methyl sites for hydroxylation is 1. The van der Waals surface area contributed by atoms with Crippen molar-refractivity contribution < 1.29 is 4.79 Å². The van der Waals surface area contributed by atoms with E-state index in [1.54, 1.807) is 30.3 Å². The van der Waals surface area contributed by atoms with Crippen LogP contribution in [0.25, 0.3) is 6.08 Å². The van der Waals surface area contributed by atoms with E-state index in [0.29, 0.717) is 21.2 Å². The van der Waals surface area contributed by atoms with Gasteiger partial charge in [0, 0.05) is 17.2 Å². The van der Waals surface area contributed by atoms with E-state index in [4.69, 9.17) is 23.2 Å². The Kier molecular flexibility index (Phi) is 5.45. The predicted octanol–water partition coefficient (Wildman–Crippen LogP) is 6.59. The Morgan fingerprint density at radius 2 is 1.68 bits per heavy atom. The summed E-state index contributed by atoms with van der Waals surface area (Å²) < 4.78 is 0. The van der Waals surface area contributed by atoms with Gasteiger partial charge in [0.05, 0.1) is 28.2 Å². The van der Waals surface area contributed by atoms with Crippen LogP contribution in [-0.2, 0) is 0 Å². The summed E-state index contributed by atoms with van der Waals surface area (Å²) in [5.74, 6) is -0.912. The standard InChI is InChI=1S/C28H19Cl2N3O/c1-17-6-8-19(9-7-17)27(34)26-25(20-10-12-21(29)22(30)14-20)28(15-31,16-32)24-13-11-18-4-2-3-5-23(18)33(24)26/h2-14,24-26H,1H3/t24-,25-,26+/m1/s1. The molecule has 6 heteroatoms. The molecule has 2 heterocycles. The third-order valence-corrected chi connectivity index (χ3v) is 7.56. The first-order chi connectivity index (χ1) is 16.4. The molecule has 3 atom stereocenters. The zero-order valence-corrected chi connectivity index (χ0v) is 19.8. The van der Waals surface area contributed by atoms with E-state index in [1.807, 2.05) is 60.4 Å². The highest BCUT2D eigenvalue weighted by Crippen LogP contribution is 2.55. The van der Waals surface area contributed by atoms with Crippen LogP contribution in [0.2, 0.25) is 10.0 Å². The summed E-state index contributed by atoms with van der Waals surface area (Å²) in [5, 5.41) is 21.6. The Labute approximate surface area is 208 Å². The Bertz CT molecular complexity index is 1400. The van der Waals surface area contributed by atoms with Crippen molar-refractivity contribution in [3.63, 3.8) is 0 Å². The zero-order chi connectivity index (χ0) is 24.0. The number of para-hydroxylation sites is 1. The smallest absolute Gasteiger partial charge is 0.185 e. The number of anilines is 1. The van der Waals surface area contributed by atoms with Gasteiger partial charge in [-0.1, -0.05) is 89.4 Å². The molecular weight excluding hydrogens is 465 g/mol. The third-order valence-electron chi connectivity index (χ3n) is 6.82. The number of fused-ring (bicyclic) bond motifs is 3. The van der Waals surface area contributed by atoms with Crippen LogP contribution < -0.4 is 4.90 Å². The summed E-state index contributed by atoms with van der Waals surface area (Å²) >= 11 is 12.5. The number of nitriles is 2. The number of benzene rings is 3. The summed E-state index contributed by atoms with van der Waals surface area (Å²) in [7, 11) is 0. The van der Waals surface area contributed by atoms with Crippen molar-refractivity contribution in [2.75, 3.05) is 4.90 Å². The highest BCUT2D eigenvalue weighted by Gasteiger charge is 2.63. The molecule has 1 fully saturated rings. The molecule has 3 aromatic rings. The summed E-state index contributed by atoms with van der Waals surface area (Å²) in [6.07, 6.45) is 3.78. The van der Waals surface area contributed by atoms with Crippen molar-refractivity contribution >= 4 is 40.7 Å². The topological polar surface area (TPSA) is 67.9 Å². The van der Waals surface area contributed by atoms with E-state index < -0.39 is 23.4 Å². The minimum Gasteiger partial charge on any atom is -0.351 e. The van der Waals surface area contributed by atoms with Crippen molar-refractivity contribution in [2.24, 2.45) is 5.41 Å². The number of Topliss-reactive ketones (excluding diaryl/α,β-unsaturated/α-hetero) is 1. The first-order valence-corrected chi connectivity index (χ1v) is 11.6. The molecule has 3 aromatic carbocycles. The number of halogens is 2. The molecule has 5 rings (SSSR count). The summed E-state index contributed by atoms with van der Waals surface area (Å²) in [6, 6.07) is 23.3. The zero-order valence-electron chi connectivity index (χ0n) is 18.2. The maximum absolute atomic E-state index is 14.1. The van der Waals surface area contributed by atoms with Gasteiger partial charge in [0.25, 0.3) is 0 Å². The predicted molar refractivity (Wildman–Crippen MR) is 134 cm³/mol. The van der Waals surface area contributed by atoms with Crippen molar-refractivity contribution in [2.45, 2.75) is 24.9 Å². The molecule has 1 saturated heterocycles. The van der Waals surface area contributed by atoms with Crippen LogP contribution in [0.4, 0.5) is 5.69 Å². The lowest BCUT2D eigenvalue weighted by molar-refractivity contribution is 0.0951. The lowest BCUT2D eigenvalue weighted by atomic mass is 9.69. The molecule has 0 N–H and O–H groups in total. The van der Waals surface area contributed by atoms with Gasteiger partial charge in [-0.15, -0.1) is 0 Å². The summed E-state index contributed by atoms with van der Waals surface area (Å²) in [6.45, 7) is 1.96. The number of ketones is 1. The first-order valence-electron chi connectivity index (χ1n) is 10.8. The molecule has 0 amide bonds. The monoisotopic (exact) mass is 483 g/mol. The Morgan fingerprint density at radius 3 is 2.35 bits per heavy atom. The van der Waals surface area contributed by atoms with Gasteiger partial charge in [-0.3, -0.25) is 4.79 Å². The number of carbonyl (C=O) groups excluding carboxylic acids is 1. The van der Waals surface area contributed by atoms with Crippen molar-refractivity contribution in [1.82, 2.24) is 0 Å². The van der Waals surface area contributed by atoms with Gasteiger partial charge in [-0.05, 0) is 36.2 Å². The van der Waals surface area contributed by atoms with Crippen molar-refractivity contribution in [1.29, 1.82) is 10.5 Å². The average molecular weight is 484 g/mol. The maximum Gasteiger partial charge on any atom is 0.185 e. The number of hydrogen-bond acceptors (Lipinski definition) is 4. The molecule has 0 aromatic heterocycles. The minimum absolute atomic E-state index is 0.154. The minimum atomic E-state index is -1.52.